The van der Waals surface area contributed by atoms with Crippen molar-refractivity contribution < 1.29 is 14.5 Å². The van der Waals surface area contributed by atoms with E-state index in [2.05, 4.69) is 19.2 Å². The molecule has 1 unspecified atom stereocenters. The summed E-state index contributed by atoms with van der Waals surface area (Å²) in [6.07, 6.45) is 3.24. The number of benzene rings is 1. The van der Waals surface area contributed by atoms with E-state index < -0.39 is 0 Å². The van der Waals surface area contributed by atoms with Gasteiger partial charge >= 0.3 is 0 Å². The predicted octanol–water partition coefficient (Wildman–Crippen LogP) is 2.62. The van der Waals surface area contributed by atoms with Gasteiger partial charge in [-0.3, -0.25) is 9.59 Å². The van der Waals surface area contributed by atoms with Gasteiger partial charge in [-0.05, 0) is 58.2 Å². The van der Waals surface area contributed by atoms with Crippen molar-refractivity contribution in [2.24, 2.45) is 0 Å². The Morgan fingerprint density at radius 3 is 2.42 bits per heavy atom. The van der Waals surface area contributed by atoms with Crippen molar-refractivity contribution in [3.05, 3.63) is 28.2 Å². The van der Waals surface area contributed by atoms with E-state index in [0.29, 0.717) is 15.7 Å². The maximum Gasteiger partial charge on any atom is 0.281 e. The van der Waals surface area contributed by atoms with Gasteiger partial charge in [-0.1, -0.05) is 23.2 Å². The zero-order valence-corrected chi connectivity index (χ0v) is 17.3. The summed E-state index contributed by atoms with van der Waals surface area (Å²) in [5, 5.41) is 3.64. The van der Waals surface area contributed by atoms with Gasteiger partial charge in [-0.15, -0.1) is 0 Å². The van der Waals surface area contributed by atoms with Crippen LogP contribution in [0.3, 0.4) is 0 Å². The molecule has 2 amide bonds. The molecule has 5 nitrogen and oxygen atoms in total. The number of carbonyl (C=O) groups excluding carboxylic acids is 2. The van der Waals surface area contributed by atoms with Gasteiger partial charge in [0.05, 0.1) is 17.1 Å². The molecule has 144 valence electrons. The van der Waals surface area contributed by atoms with Crippen LogP contribution in [0.5, 0.6) is 0 Å². The molecule has 0 bridgehead atoms. The second kappa shape index (κ2) is 9.07. The molecule has 2 N–H and O–H groups in total. The van der Waals surface area contributed by atoms with Crippen LogP contribution in [0.15, 0.2) is 18.2 Å². The van der Waals surface area contributed by atoms with E-state index in [0.717, 1.165) is 24.2 Å². The molecule has 2 rings (SSSR count). The molecular formula is C19H28Cl2N3O2+. The molecule has 0 radical (unpaired) electrons. The molecule has 1 heterocycles. The Kier molecular flexibility index (Phi) is 7.33. The number of quaternary nitrogens is 1. The molecule has 0 aliphatic carbocycles. The number of nitrogens with zero attached hydrogens (tertiary/aromatic N) is 1. The summed E-state index contributed by atoms with van der Waals surface area (Å²) in [5.41, 5.74) is 0.592. The van der Waals surface area contributed by atoms with Crippen molar-refractivity contribution in [1.29, 1.82) is 0 Å². The number of amides is 2. The van der Waals surface area contributed by atoms with E-state index in [4.69, 9.17) is 23.2 Å². The largest absolute Gasteiger partial charge is 0.332 e. The van der Waals surface area contributed by atoms with Crippen molar-refractivity contribution in [2.45, 2.75) is 58.2 Å². The van der Waals surface area contributed by atoms with Gasteiger partial charge in [-0.2, -0.15) is 0 Å². The highest BCUT2D eigenvalue weighted by Crippen LogP contribution is 2.25. The lowest BCUT2D eigenvalue weighted by atomic mass is 9.96. The highest BCUT2D eigenvalue weighted by atomic mass is 35.5. The minimum absolute atomic E-state index is 0.115. The van der Waals surface area contributed by atoms with Crippen LogP contribution in [-0.2, 0) is 9.59 Å². The Hall–Kier alpha value is -1.30. The Balaban J connectivity index is 1.94. The van der Waals surface area contributed by atoms with Crippen LogP contribution < -0.4 is 10.2 Å². The average molecular weight is 401 g/mol. The van der Waals surface area contributed by atoms with Gasteiger partial charge in [0.25, 0.3) is 11.8 Å². The van der Waals surface area contributed by atoms with Crippen molar-refractivity contribution in [3.8, 4) is 0 Å². The topological polar surface area (TPSA) is 53.9 Å². The molecule has 7 heteroatoms. The van der Waals surface area contributed by atoms with Crippen LogP contribution in [0.25, 0.3) is 0 Å². The molecule has 1 aromatic carbocycles. The third kappa shape index (κ3) is 5.12. The quantitative estimate of drug-likeness (QED) is 0.797. The standard InChI is InChI=1S/C19H27Cl2N3O2/c1-12-6-5-7-13(2)24(12)19(26)14(3)23(4)11-18(25)22-15-8-9-16(20)17(21)10-15/h8-10,12-14H,5-7,11H2,1-4H3,(H,22,25)/p+1/t12-,13-,14+/m0/s1. The number of nitrogens with one attached hydrogen (secondary N) is 2. The van der Waals surface area contributed by atoms with E-state index in [9.17, 15) is 9.59 Å². The monoisotopic (exact) mass is 400 g/mol. The highest BCUT2D eigenvalue weighted by Gasteiger charge is 2.35. The molecule has 0 spiro atoms. The molecule has 1 aromatic rings. The van der Waals surface area contributed by atoms with Gasteiger partial charge in [0.1, 0.15) is 0 Å². The number of rotatable bonds is 5. The second-order valence-electron chi connectivity index (χ2n) is 7.30. The molecule has 0 aromatic heterocycles. The highest BCUT2D eigenvalue weighted by molar-refractivity contribution is 6.42. The number of piperidine rings is 1. The van der Waals surface area contributed by atoms with Crippen molar-refractivity contribution in [3.63, 3.8) is 0 Å². The van der Waals surface area contributed by atoms with Crippen LogP contribution in [0, 0.1) is 0 Å². The van der Waals surface area contributed by atoms with Gasteiger partial charge in [0.15, 0.2) is 12.6 Å². The Labute approximate surface area is 165 Å². The summed E-state index contributed by atoms with van der Waals surface area (Å²) in [7, 11) is 1.87. The number of carbonyl (C=O) groups is 2. The summed E-state index contributed by atoms with van der Waals surface area (Å²) in [5.74, 6) is -0.0511. The van der Waals surface area contributed by atoms with Gasteiger partial charge < -0.3 is 15.1 Å². The minimum Gasteiger partial charge on any atom is -0.332 e. The minimum atomic E-state index is -0.280. The first kappa shape index (κ1) is 21.0. The van der Waals surface area contributed by atoms with Crippen LogP contribution in [-0.4, -0.2) is 48.4 Å². The van der Waals surface area contributed by atoms with Gasteiger partial charge in [-0.25, -0.2) is 0 Å². The van der Waals surface area contributed by atoms with Crippen molar-refractivity contribution in [2.75, 3.05) is 18.9 Å². The van der Waals surface area contributed by atoms with E-state index >= 15 is 0 Å². The third-order valence-corrected chi connectivity index (χ3v) is 5.94. The lowest BCUT2D eigenvalue weighted by Crippen LogP contribution is -3.15. The average Bonchev–Trinajstić information content (AvgIpc) is 2.57. The zero-order chi connectivity index (χ0) is 19.4. The van der Waals surface area contributed by atoms with Gasteiger partial charge in [0.2, 0.25) is 0 Å². The lowest BCUT2D eigenvalue weighted by molar-refractivity contribution is -0.886. The summed E-state index contributed by atoms with van der Waals surface area (Å²) in [6, 6.07) is 5.19. The van der Waals surface area contributed by atoms with Crippen molar-refractivity contribution in [1.82, 2.24) is 4.90 Å². The predicted molar refractivity (Wildman–Crippen MR) is 106 cm³/mol. The Morgan fingerprint density at radius 1 is 1.23 bits per heavy atom. The molecule has 4 atom stereocenters. The number of likely N-dealkylation sites (N-methyl/N-ethyl adjacent to an activating group) is 1. The van der Waals surface area contributed by atoms with E-state index in [-0.39, 0.29) is 36.5 Å². The fourth-order valence-electron chi connectivity index (χ4n) is 3.48. The summed E-state index contributed by atoms with van der Waals surface area (Å²) in [6.45, 7) is 6.29. The Bertz CT molecular complexity index is 658. The Morgan fingerprint density at radius 2 is 1.85 bits per heavy atom. The normalized spacial score (nSPS) is 22.6. The number of likely N-dealkylation sites (tertiary alicyclic amines) is 1. The van der Waals surface area contributed by atoms with E-state index in [1.54, 1.807) is 18.2 Å². The summed E-state index contributed by atoms with van der Waals surface area (Å²) >= 11 is 11.9. The number of anilines is 1. The molecule has 1 fully saturated rings. The van der Waals surface area contributed by atoms with Crippen LogP contribution in [0.2, 0.25) is 10.0 Å². The van der Waals surface area contributed by atoms with Crippen LogP contribution in [0.1, 0.15) is 40.0 Å². The summed E-state index contributed by atoms with van der Waals surface area (Å²) < 4.78 is 0. The SMILES string of the molecule is C[C@H](C(=O)N1[C@@H](C)CCC[C@@H]1C)[NH+](C)CC(=O)Nc1ccc(Cl)c(Cl)c1. The smallest absolute Gasteiger partial charge is 0.281 e. The fraction of sp³-hybridized carbons (Fsp3) is 0.579. The van der Waals surface area contributed by atoms with Crippen molar-refractivity contribution >= 4 is 40.7 Å². The maximum atomic E-state index is 12.9. The van der Waals surface area contributed by atoms with Crippen LogP contribution in [0.4, 0.5) is 5.69 Å². The first-order valence-corrected chi connectivity index (χ1v) is 9.85. The van der Waals surface area contributed by atoms with E-state index in [1.807, 2.05) is 18.9 Å². The fourth-order valence-corrected chi connectivity index (χ4v) is 3.77. The number of hydrogen-bond donors (Lipinski definition) is 2. The molecule has 1 saturated heterocycles. The molecule has 26 heavy (non-hydrogen) atoms. The first-order chi connectivity index (χ1) is 12.2. The number of halogens is 2. The van der Waals surface area contributed by atoms with Crippen LogP contribution >= 0.6 is 23.2 Å². The molecule has 0 saturated carbocycles. The van der Waals surface area contributed by atoms with Gasteiger partial charge in [0, 0.05) is 17.8 Å². The summed E-state index contributed by atoms with van der Waals surface area (Å²) in [4.78, 5) is 28.1. The maximum absolute atomic E-state index is 12.9. The number of hydrogen-bond acceptors (Lipinski definition) is 2. The lowest BCUT2D eigenvalue weighted by Gasteiger charge is -2.40. The molecular weight excluding hydrogens is 373 g/mol. The third-order valence-electron chi connectivity index (χ3n) is 5.20. The molecule has 1 aliphatic rings. The first-order valence-electron chi connectivity index (χ1n) is 9.10. The van der Waals surface area contributed by atoms with E-state index in [1.165, 1.54) is 0 Å². The second-order valence-corrected chi connectivity index (χ2v) is 8.11. The zero-order valence-electron chi connectivity index (χ0n) is 15.8. The molecule has 1 aliphatic heterocycles.